The Hall–Kier alpha value is -2.44. The monoisotopic (exact) mass is 352 g/mol. The quantitative estimate of drug-likeness (QED) is 0.827. The van der Waals surface area contributed by atoms with Gasteiger partial charge in [-0.3, -0.25) is 4.68 Å². The molecular weight excluding hydrogens is 328 g/mol. The Bertz CT molecular complexity index is 801. The summed E-state index contributed by atoms with van der Waals surface area (Å²) >= 11 is 0. The highest BCUT2D eigenvalue weighted by molar-refractivity contribution is 5.78. The Balaban J connectivity index is 1.46. The van der Waals surface area contributed by atoms with Crippen molar-refractivity contribution in [1.29, 1.82) is 0 Å². The van der Waals surface area contributed by atoms with E-state index in [0.29, 0.717) is 18.4 Å². The van der Waals surface area contributed by atoms with Crippen LogP contribution in [0.3, 0.4) is 0 Å². The Labute approximate surface area is 153 Å². The third-order valence-electron chi connectivity index (χ3n) is 6.25. The zero-order chi connectivity index (χ0) is 17.7. The zero-order valence-electron chi connectivity index (χ0n) is 15.0. The minimum Gasteiger partial charge on any atom is -0.319 e. The average Bonchev–Trinajstić information content (AvgIpc) is 3.14. The first kappa shape index (κ1) is 15.8. The Kier molecular flexibility index (Phi) is 3.69. The van der Waals surface area contributed by atoms with Crippen molar-refractivity contribution in [3.05, 3.63) is 42.2 Å². The fraction of sp³-hybridized carbons (Fsp3) is 0.579. The lowest BCUT2D eigenvalue weighted by Gasteiger charge is -2.27. The number of fused-ring (bicyclic) bond motifs is 1. The molecule has 26 heavy (non-hydrogen) atoms. The third kappa shape index (κ3) is 2.57. The summed E-state index contributed by atoms with van der Waals surface area (Å²) in [7, 11) is 1.94. The van der Waals surface area contributed by atoms with E-state index < -0.39 is 0 Å². The van der Waals surface area contributed by atoms with Gasteiger partial charge in [-0.1, -0.05) is 0 Å². The van der Waals surface area contributed by atoms with E-state index in [4.69, 9.17) is 0 Å². The second kappa shape index (κ2) is 6.07. The van der Waals surface area contributed by atoms with Gasteiger partial charge in [0.15, 0.2) is 0 Å². The van der Waals surface area contributed by atoms with Crippen molar-refractivity contribution in [1.82, 2.24) is 29.5 Å². The van der Waals surface area contributed by atoms with Crippen LogP contribution >= 0.6 is 0 Å². The number of urea groups is 1. The van der Waals surface area contributed by atoms with Crippen LogP contribution in [0.4, 0.5) is 4.79 Å². The molecule has 0 spiro atoms. The molecule has 136 valence electrons. The van der Waals surface area contributed by atoms with Crippen LogP contribution in [-0.4, -0.2) is 54.2 Å². The molecule has 1 saturated heterocycles. The van der Waals surface area contributed by atoms with Crippen molar-refractivity contribution in [2.75, 3.05) is 6.54 Å². The van der Waals surface area contributed by atoms with Crippen LogP contribution in [0, 0.1) is 5.92 Å². The lowest BCUT2D eigenvalue weighted by atomic mass is 9.95. The average molecular weight is 352 g/mol. The van der Waals surface area contributed by atoms with Gasteiger partial charge in [0.05, 0.1) is 24.3 Å². The summed E-state index contributed by atoms with van der Waals surface area (Å²) in [6.45, 7) is 1.53. The number of hydrogen-bond acceptors (Lipinski definition) is 4. The SMILES string of the molecule is Cn1nccc1CN1C(=O)N(CC2CC2)[C@@H]2[C@H](c3cncnc3)CC[C@@H]21. The zero-order valence-corrected chi connectivity index (χ0v) is 15.0. The normalized spacial score (nSPS) is 28.0. The minimum atomic E-state index is 0.189. The molecule has 2 saturated carbocycles. The largest absolute Gasteiger partial charge is 0.321 e. The van der Waals surface area contributed by atoms with E-state index in [1.807, 2.05) is 30.2 Å². The maximum absolute atomic E-state index is 13.3. The van der Waals surface area contributed by atoms with E-state index in [9.17, 15) is 4.79 Å². The lowest BCUT2D eigenvalue weighted by molar-refractivity contribution is 0.174. The van der Waals surface area contributed by atoms with Crippen molar-refractivity contribution in [3.8, 4) is 0 Å². The lowest BCUT2D eigenvalue weighted by Crippen LogP contribution is -2.39. The van der Waals surface area contributed by atoms with Gasteiger partial charge in [-0.15, -0.1) is 0 Å². The molecule has 3 aliphatic rings. The van der Waals surface area contributed by atoms with E-state index >= 15 is 0 Å². The van der Waals surface area contributed by atoms with Gasteiger partial charge < -0.3 is 9.80 Å². The van der Waals surface area contributed by atoms with E-state index in [1.54, 1.807) is 12.5 Å². The Morgan fingerprint density at radius 1 is 1.12 bits per heavy atom. The summed E-state index contributed by atoms with van der Waals surface area (Å²) in [5, 5.41) is 4.26. The van der Waals surface area contributed by atoms with Crippen molar-refractivity contribution in [2.45, 2.75) is 50.2 Å². The number of nitrogens with zero attached hydrogens (tertiary/aromatic N) is 6. The molecule has 7 nitrogen and oxygen atoms in total. The standard InChI is InChI=1S/C19H24N6O/c1-23-15(6-7-22-23)11-24-17-5-4-16(14-8-20-12-21-9-14)18(17)25(19(24)26)10-13-2-3-13/h6-9,12-13,16-18H,2-5,10-11H2,1H3/t16-,17-,18+/m0/s1. The molecule has 0 N–H and O–H groups in total. The van der Waals surface area contributed by atoms with Crippen LogP contribution in [0.2, 0.25) is 0 Å². The number of carbonyl (C=O) groups is 1. The number of amides is 2. The van der Waals surface area contributed by atoms with Gasteiger partial charge in [-0.05, 0) is 43.2 Å². The first-order chi connectivity index (χ1) is 12.7. The molecule has 3 heterocycles. The Morgan fingerprint density at radius 3 is 2.62 bits per heavy atom. The molecule has 5 rings (SSSR count). The van der Waals surface area contributed by atoms with Gasteiger partial charge in [-0.2, -0.15) is 5.10 Å². The van der Waals surface area contributed by atoms with Crippen LogP contribution in [0.1, 0.15) is 42.9 Å². The van der Waals surface area contributed by atoms with Crippen LogP contribution in [0.25, 0.3) is 0 Å². The fourth-order valence-corrected chi connectivity index (χ4v) is 4.72. The summed E-state index contributed by atoms with van der Waals surface area (Å²) in [6.07, 6.45) is 11.8. The molecule has 7 heteroatoms. The second-order valence-electron chi connectivity index (χ2n) is 7.87. The maximum atomic E-state index is 13.3. The molecule has 3 fully saturated rings. The molecule has 2 aliphatic carbocycles. The molecule has 0 aromatic carbocycles. The summed E-state index contributed by atoms with van der Waals surface area (Å²) in [4.78, 5) is 25.9. The van der Waals surface area contributed by atoms with E-state index in [1.165, 1.54) is 12.8 Å². The first-order valence-electron chi connectivity index (χ1n) is 9.51. The molecule has 3 atom stereocenters. The minimum absolute atomic E-state index is 0.189. The second-order valence-corrected chi connectivity index (χ2v) is 7.87. The van der Waals surface area contributed by atoms with Gasteiger partial charge in [0, 0.05) is 38.1 Å². The van der Waals surface area contributed by atoms with E-state index in [2.05, 4.69) is 24.9 Å². The van der Waals surface area contributed by atoms with Crippen molar-refractivity contribution >= 4 is 6.03 Å². The predicted octanol–water partition coefficient (Wildman–Crippen LogP) is 2.17. The third-order valence-corrected chi connectivity index (χ3v) is 6.25. The molecule has 2 amide bonds. The molecule has 0 radical (unpaired) electrons. The molecule has 2 aromatic rings. The predicted molar refractivity (Wildman–Crippen MR) is 95.2 cm³/mol. The smallest absolute Gasteiger partial charge is 0.319 e. The van der Waals surface area contributed by atoms with Gasteiger partial charge in [0.2, 0.25) is 0 Å². The van der Waals surface area contributed by atoms with Crippen LogP contribution in [-0.2, 0) is 13.6 Å². The van der Waals surface area contributed by atoms with Crippen LogP contribution in [0.5, 0.6) is 0 Å². The summed E-state index contributed by atoms with van der Waals surface area (Å²) < 4.78 is 1.86. The van der Waals surface area contributed by atoms with Gasteiger partial charge >= 0.3 is 6.03 Å². The van der Waals surface area contributed by atoms with Crippen LogP contribution < -0.4 is 0 Å². The number of hydrogen-bond donors (Lipinski definition) is 0. The number of carbonyl (C=O) groups excluding carboxylic acids is 1. The first-order valence-corrected chi connectivity index (χ1v) is 9.51. The van der Waals surface area contributed by atoms with Crippen molar-refractivity contribution < 1.29 is 4.79 Å². The summed E-state index contributed by atoms with van der Waals surface area (Å²) in [5.74, 6) is 1.02. The summed E-state index contributed by atoms with van der Waals surface area (Å²) in [5.41, 5.74) is 2.24. The molecular formula is C19H24N6O. The van der Waals surface area contributed by atoms with Gasteiger partial charge in [0.1, 0.15) is 6.33 Å². The Morgan fingerprint density at radius 2 is 1.92 bits per heavy atom. The highest BCUT2D eigenvalue weighted by Crippen LogP contribution is 2.46. The molecule has 1 aliphatic heterocycles. The van der Waals surface area contributed by atoms with E-state index in [0.717, 1.165) is 30.6 Å². The topological polar surface area (TPSA) is 67.2 Å². The fourth-order valence-electron chi connectivity index (χ4n) is 4.72. The van der Waals surface area contributed by atoms with E-state index in [-0.39, 0.29) is 18.1 Å². The van der Waals surface area contributed by atoms with Crippen molar-refractivity contribution in [2.24, 2.45) is 13.0 Å². The highest BCUT2D eigenvalue weighted by Gasteiger charge is 2.53. The molecule has 0 bridgehead atoms. The number of rotatable bonds is 5. The molecule has 2 aromatic heterocycles. The van der Waals surface area contributed by atoms with Gasteiger partial charge in [-0.25, -0.2) is 14.8 Å². The highest BCUT2D eigenvalue weighted by atomic mass is 16.2. The van der Waals surface area contributed by atoms with Crippen molar-refractivity contribution in [3.63, 3.8) is 0 Å². The summed E-state index contributed by atoms with van der Waals surface area (Å²) in [6, 6.07) is 2.70. The van der Waals surface area contributed by atoms with Crippen LogP contribution in [0.15, 0.2) is 31.0 Å². The van der Waals surface area contributed by atoms with Gasteiger partial charge in [0.25, 0.3) is 0 Å². The number of aryl methyl sites for hydroxylation is 1. The maximum Gasteiger partial charge on any atom is 0.321 e. The number of aromatic nitrogens is 4. The molecule has 0 unspecified atom stereocenters.